The summed E-state index contributed by atoms with van der Waals surface area (Å²) in [5.41, 5.74) is 6.01. The highest BCUT2D eigenvalue weighted by molar-refractivity contribution is 9.10. The molecule has 2 aliphatic rings. The second-order valence-corrected chi connectivity index (χ2v) is 9.83. The zero-order valence-electron chi connectivity index (χ0n) is 17.9. The van der Waals surface area contributed by atoms with E-state index in [1.807, 2.05) is 12.3 Å². The van der Waals surface area contributed by atoms with E-state index in [0.717, 1.165) is 15.3 Å². The van der Waals surface area contributed by atoms with E-state index in [1.54, 1.807) is 0 Å². The molecule has 0 spiro atoms. The second-order valence-electron chi connectivity index (χ2n) is 8.59. The zero-order chi connectivity index (χ0) is 21.5. The Morgan fingerprint density at radius 2 is 1.81 bits per heavy atom. The summed E-state index contributed by atoms with van der Waals surface area (Å²) in [6.45, 7) is 4.41. The van der Waals surface area contributed by atoms with Gasteiger partial charge in [0.2, 0.25) is 0 Å². The van der Waals surface area contributed by atoms with Crippen LogP contribution in [0.25, 0.3) is 5.69 Å². The van der Waals surface area contributed by atoms with E-state index in [0.29, 0.717) is 6.04 Å². The fourth-order valence-corrected chi connectivity index (χ4v) is 6.22. The van der Waals surface area contributed by atoms with Crippen LogP contribution in [0, 0.1) is 13.8 Å². The molecule has 0 unspecified atom stereocenters. The number of hydrogen-bond acceptors (Lipinski definition) is 2. The highest BCUT2D eigenvalue weighted by Gasteiger charge is 2.44. The number of aromatic nitrogens is 2. The van der Waals surface area contributed by atoms with Crippen molar-refractivity contribution >= 4 is 33.3 Å². The Hall–Kier alpha value is -2.18. The molecule has 2 fully saturated rings. The predicted molar refractivity (Wildman–Crippen MR) is 132 cm³/mol. The molecule has 4 nitrogen and oxygen atoms in total. The minimum absolute atomic E-state index is 0.0439. The van der Waals surface area contributed by atoms with Crippen LogP contribution in [0.3, 0.4) is 0 Å². The first kappa shape index (κ1) is 20.7. The summed E-state index contributed by atoms with van der Waals surface area (Å²) in [5, 5.41) is 4.49. The monoisotopic (exact) mass is 494 g/mol. The molecule has 1 saturated carbocycles. The molecule has 0 bridgehead atoms. The molecule has 0 amide bonds. The van der Waals surface area contributed by atoms with Crippen LogP contribution in [0.2, 0.25) is 0 Å². The first-order valence-electron chi connectivity index (χ1n) is 11.0. The van der Waals surface area contributed by atoms with Crippen molar-refractivity contribution in [3.05, 3.63) is 81.8 Å². The van der Waals surface area contributed by atoms with Gasteiger partial charge in [-0.2, -0.15) is 0 Å². The van der Waals surface area contributed by atoms with E-state index >= 15 is 0 Å². The fraction of sp³-hybridized carbons (Fsp3) is 0.360. The average molecular weight is 495 g/mol. The molecule has 1 N–H and O–H groups in total. The summed E-state index contributed by atoms with van der Waals surface area (Å²) in [4.78, 5) is 7.18. The highest BCUT2D eigenvalue weighted by Crippen LogP contribution is 2.45. The number of thiocarbonyl (C=S) groups is 1. The van der Waals surface area contributed by atoms with E-state index < -0.39 is 0 Å². The predicted octanol–water partition coefficient (Wildman–Crippen LogP) is 6.17. The molecular weight excluding hydrogens is 468 g/mol. The summed E-state index contributed by atoms with van der Waals surface area (Å²) < 4.78 is 3.45. The smallest absolute Gasteiger partial charge is 0.170 e. The highest BCUT2D eigenvalue weighted by atomic mass is 79.9. The van der Waals surface area contributed by atoms with Crippen LogP contribution in [0.15, 0.2) is 59.2 Å². The SMILES string of the molecule is Cc1cc([C@@H]2[C@H](c3ccccn3)NC(=S)N2C2CCCC2)c(C)n1-c1ccccc1Br. The number of rotatable bonds is 4. The van der Waals surface area contributed by atoms with Crippen LogP contribution >= 0.6 is 28.1 Å². The molecule has 1 aliphatic heterocycles. The number of nitrogens with one attached hydrogen (secondary N) is 1. The van der Waals surface area contributed by atoms with Crippen molar-refractivity contribution in [2.24, 2.45) is 0 Å². The normalized spacial score (nSPS) is 21.6. The summed E-state index contributed by atoms with van der Waals surface area (Å²) >= 11 is 9.64. The van der Waals surface area contributed by atoms with E-state index in [1.165, 1.54) is 48.3 Å². The minimum atomic E-state index is 0.0439. The minimum Gasteiger partial charge on any atom is -0.352 e. The first-order chi connectivity index (χ1) is 15.1. The van der Waals surface area contributed by atoms with Crippen LogP contribution in [0.1, 0.15) is 60.4 Å². The third-order valence-corrected chi connectivity index (χ3v) is 7.73. The molecule has 0 radical (unpaired) electrons. The molecule has 1 saturated heterocycles. The third-order valence-electron chi connectivity index (χ3n) is 6.74. The largest absolute Gasteiger partial charge is 0.352 e. The Labute approximate surface area is 197 Å². The van der Waals surface area contributed by atoms with E-state index in [4.69, 9.17) is 17.2 Å². The lowest BCUT2D eigenvalue weighted by atomic mass is 9.95. The van der Waals surface area contributed by atoms with Crippen molar-refractivity contribution in [2.45, 2.75) is 57.7 Å². The molecule has 31 heavy (non-hydrogen) atoms. The molecule has 2 aromatic heterocycles. The third kappa shape index (κ3) is 3.60. The Kier molecular flexibility index (Phi) is 5.61. The molecular formula is C25H27BrN4S. The van der Waals surface area contributed by atoms with E-state index in [9.17, 15) is 0 Å². The molecule has 1 aromatic carbocycles. The van der Waals surface area contributed by atoms with Gasteiger partial charge in [-0.05, 0) is 90.7 Å². The number of halogens is 1. The van der Waals surface area contributed by atoms with Gasteiger partial charge < -0.3 is 14.8 Å². The summed E-state index contributed by atoms with van der Waals surface area (Å²) in [5.74, 6) is 0. The maximum absolute atomic E-state index is 5.90. The maximum Gasteiger partial charge on any atom is 0.170 e. The van der Waals surface area contributed by atoms with Gasteiger partial charge in [0.25, 0.3) is 0 Å². The fourth-order valence-electron chi connectivity index (χ4n) is 5.36. The Morgan fingerprint density at radius 1 is 1.06 bits per heavy atom. The maximum atomic E-state index is 5.90. The van der Waals surface area contributed by atoms with Crippen molar-refractivity contribution in [2.75, 3.05) is 0 Å². The number of benzene rings is 1. The van der Waals surface area contributed by atoms with Crippen LogP contribution in [0.5, 0.6) is 0 Å². The number of aryl methyl sites for hydroxylation is 1. The van der Waals surface area contributed by atoms with Gasteiger partial charge in [-0.15, -0.1) is 0 Å². The van der Waals surface area contributed by atoms with Gasteiger partial charge in [0.1, 0.15) is 0 Å². The van der Waals surface area contributed by atoms with Gasteiger partial charge in [0.05, 0.1) is 23.5 Å². The molecule has 6 heteroatoms. The number of hydrogen-bond donors (Lipinski definition) is 1. The van der Waals surface area contributed by atoms with Crippen molar-refractivity contribution < 1.29 is 0 Å². The van der Waals surface area contributed by atoms with Crippen LogP contribution < -0.4 is 5.32 Å². The summed E-state index contributed by atoms with van der Waals surface area (Å²) in [7, 11) is 0. The molecule has 5 rings (SSSR count). The first-order valence-corrected chi connectivity index (χ1v) is 12.2. The van der Waals surface area contributed by atoms with Crippen LogP contribution in [-0.4, -0.2) is 25.6 Å². The number of nitrogens with zero attached hydrogens (tertiary/aromatic N) is 3. The van der Waals surface area contributed by atoms with Gasteiger partial charge >= 0.3 is 0 Å². The summed E-state index contributed by atoms with van der Waals surface area (Å²) in [6.07, 6.45) is 6.84. The molecule has 2 atom stereocenters. The molecule has 3 heterocycles. The lowest BCUT2D eigenvalue weighted by molar-refractivity contribution is 0.245. The Bertz CT molecular complexity index is 1100. The lowest BCUT2D eigenvalue weighted by Crippen LogP contribution is -2.37. The van der Waals surface area contributed by atoms with Gasteiger partial charge in [-0.3, -0.25) is 4.98 Å². The summed E-state index contributed by atoms with van der Waals surface area (Å²) in [6, 6.07) is 17.6. The Morgan fingerprint density at radius 3 is 2.52 bits per heavy atom. The van der Waals surface area contributed by atoms with Crippen LogP contribution in [0.4, 0.5) is 0 Å². The standard InChI is InChI=1S/C25H27BrN4S/c1-16-15-19(17(2)29(16)22-13-6-5-11-20(22)26)24-23(21-12-7-8-14-27-21)28-25(31)30(24)18-9-3-4-10-18/h5-8,11-15,18,23-24H,3-4,9-10H2,1-2H3,(H,28,31)/t23-,24+/m0/s1. The van der Waals surface area contributed by atoms with Crippen molar-refractivity contribution in [3.63, 3.8) is 0 Å². The molecule has 3 aromatic rings. The molecule has 160 valence electrons. The van der Waals surface area contributed by atoms with Gasteiger partial charge in [0, 0.05) is 28.1 Å². The zero-order valence-corrected chi connectivity index (χ0v) is 20.3. The van der Waals surface area contributed by atoms with Crippen molar-refractivity contribution in [1.29, 1.82) is 0 Å². The molecule has 1 aliphatic carbocycles. The average Bonchev–Trinajstić information content (AvgIpc) is 3.47. The van der Waals surface area contributed by atoms with Gasteiger partial charge in [0.15, 0.2) is 5.11 Å². The quantitative estimate of drug-likeness (QED) is 0.439. The second kappa shape index (κ2) is 8.40. The van der Waals surface area contributed by atoms with Crippen molar-refractivity contribution in [1.82, 2.24) is 19.8 Å². The van der Waals surface area contributed by atoms with Crippen LogP contribution in [-0.2, 0) is 0 Å². The topological polar surface area (TPSA) is 33.1 Å². The lowest BCUT2D eigenvalue weighted by Gasteiger charge is -2.33. The van der Waals surface area contributed by atoms with E-state index in [-0.39, 0.29) is 12.1 Å². The van der Waals surface area contributed by atoms with Gasteiger partial charge in [-0.25, -0.2) is 0 Å². The number of pyridine rings is 1. The van der Waals surface area contributed by atoms with Crippen molar-refractivity contribution in [3.8, 4) is 5.69 Å². The van der Waals surface area contributed by atoms with Gasteiger partial charge in [-0.1, -0.05) is 31.0 Å². The number of para-hydroxylation sites is 1. The van der Waals surface area contributed by atoms with E-state index in [2.05, 4.69) is 87.0 Å². The Balaban J connectivity index is 1.65.